The van der Waals surface area contributed by atoms with Gasteiger partial charge in [0.05, 0.1) is 0 Å². The Morgan fingerprint density at radius 1 is 1.44 bits per heavy atom. The molecule has 2 nitrogen and oxygen atoms in total. The predicted molar refractivity (Wildman–Crippen MR) is 39.6 cm³/mol. The van der Waals surface area contributed by atoms with E-state index in [1.165, 1.54) is 13.1 Å². The zero-order valence-corrected chi connectivity index (χ0v) is 6.57. The molecule has 0 amide bonds. The van der Waals surface area contributed by atoms with Crippen LogP contribution in [0.4, 0.5) is 0 Å². The van der Waals surface area contributed by atoms with Crippen molar-refractivity contribution in [1.82, 2.24) is 10.2 Å². The minimum Gasteiger partial charge on any atom is -0.318 e. The molecule has 0 aliphatic carbocycles. The monoisotopic (exact) mass is 128 g/mol. The standard InChI is InChI=1S/C7H16N2/c1-7(2,6-8-3)9-4-5-9/h8H,4-6H2,1-3H3. The Bertz CT molecular complexity index is 95.1. The Labute approximate surface area is 57.2 Å². The van der Waals surface area contributed by atoms with Crippen LogP contribution in [0.5, 0.6) is 0 Å². The third-order valence-corrected chi connectivity index (χ3v) is 1.91. The van der Waals surface area contributed by atoms with Crippen molar-refractivity contribution in [3.63, 3.8) is 0 Å². The summed E-state index contributed by atoms with van der Waals surface area (Å²) in [7, 11) is 2.01. The number of nitrogens with one attached hydrogen (secondary N) is 1. The first-order valence-corrected chi connectivity index (χ1v) is 3.56. The predicted octanol–water partition coefficient (Wildman–Crippen LogP) is 0.300. The van der Waals surface area contributed by atoms with E-state index in [1.807, 2.05) is 7.05 Å². The Balaban J connectivity index is 2.30. The van der Waals surface area contributed by atoms with E-state index in [0.29, 0.717) is 5.54 Å². The quantitative estimate of drug-likeness (QED) is 0.550. The molecule has 1 saturated heterocycles. The van der Waals surface area contributed by atoms with Crippen LogP contribution >= 0.6 is 0 Å². The van der Waals surface area contributed by atoms with E-state index in [9.17, 15) is 0 Å². The van der Waals surface area contributed by atoms with Crippen LogP contribution < -0.4 is 5.32 Å². The van der Waals surface area contributed by atoms with Gasteiger partial charge >= 0.3 is 0 Å². The Hall–Kier alpha value is -0.0800. The average Bonchev–Trinajstić information content (AvgIpc) is 2.41. The van der Waals surface area contributed by atoms with Crippen molar-refractivity contribution >= 4 is 0 Å². The van der Waals surface area contributed by atoms with Crippen molar-refractivity contribution in [2.24, 2.45) is 0 Å². The average molecular weight is 128 g/mol. The van der Waals surface area contributed by atoms with Crippen LogP contribution in [0.3, 0.4) is 0 Å². The number of hydrogen-bond acceptors (Lipinski definition) is 2. The van der Waals surface area contributed by atoms with Crippen LogP contribution in [0.2, 0.25) is 0 Å². The normalized spacial score (nSPS) is 20.3. The molecular formula is C7H16N2. The molecule has 0 unspecified atom stereocenters. The van der Waals surface area contributed by atoms with Crippen LogP contribution in [-0.2, 0) is 0 Å². The van der Waals surface area contributed by atoms with Gasteiger partial charge in [-0.1, -0.05) is 0 Å². The van der Waals surface area contributed by atoms with Gasteiger partial charge in [-0.2, -0.15) is 0 Å². The van der Waals surface area contributed by atoms with Crippen LogP contribution in [0.15, 0.2) is 0 Å². The molecule has 0 saturated carbocycles. The third kappa shape index (κ3) is 1.66. The van der Waals surface area contributed by atoms with Gasteiger partial charge in [0.1, 0.15) is 0 Å². The van der Waals surface area contributed by atoms with Gasteiger partial charge in [-0.05, 0) is 20.9 Å². The van der Waals surface area contributed by atoms with Gasteiger partial charge in [0.2, 0.25) is 0 Å². The molecule has 0 bridgehead atoms. The van der Waals surface area contributed by atoms with E-state index in [2.05, 4.69) is 24.1 Å². The molecule has 0 spiro atoms. The SMILES string of the molecule is CNCC(C)(C)N1CC1. The van der Waals surface area contributed by atoms with Crippen LogP contribution in [0.1, 0.15) is 13.8 Å². The summed E-state index contributed by atoms with van der Waals surface area (Å²) in [6, 6.07) is 0. The molecular weight excluding hydrogens is 112 g/mol. The smallest absolute Gasteiger partial charge is 0.0278 e. The summed E-state index contributed by atoms with van der Waals surface area (Å²) in [5, 5.41) is 3.19. The molecule has 1 heterocycles. The second-order valence-corrected chi connectivity index (χ2v) is 3.33. The van der Waals surface area contributed by atoms with Gasteiger partial charge in [-0.3, -0.25) is 4.90 Å². The van der Waals surface area contributed by atoms with Gasteiger partial charge in [0.15, 0.2) is 0 Å². The molecule has 1 rings (SSSR count). The lowest BCUT2D eigenvalue weighted by Crippen LogP contribution is -2.40. The minimum atomic E-state index is 0.384. The highest BCUT2D eigenvalue weighted by molar-refractivity contribution is 4.91. The van der Waals surface area contributed by atoms with E-state index in [4.69, 9.17) is 0 Å². The summed E-state index contributed by atoms with van der Waals surface area (Å²) in [5.74, 6) is 0. The van der Waals surface area contributed by atoms with E-state index >= 15 is 0 Å². The summed E-state index contributed by atoms with van der Waals surface area (Å²) >= 11 is 0. The highest BCUT2D eigenvalue weighted by Gasteiger charge is 2.33. The fraction of sp³-hybridized carbons (Fsp3) is 1.00. The van der Waals surface area contributed by atoms with Crippen molar-refractivity contribution in [3.8, 4) is 0 Å². The van der Waals surface area contributed by atoms with Crippen LogP contribution in [0.25, 0.3) is 0 Å². The molecule has 0 atom stereocenters. The van der Waals surface area contributed by atoms with Gasteiger partial charge in [-0.15, -0.1) is 0 Å². The van der Waals surface area contributed by atoms with E-state index in [-0.39, 0.29) is 0 Å². The first kappa shape index (κ1) is 7.03. The Morgan fingerprint density at radius 3 is 2.33 bits per heavy atom. The number of nitrogens with zero attached hydrogens (tertiary/aromatic N) is 1. The van der Waals surface area contributed by atoms with Crippen molar-refractivity contribution < 1.29 is 0 Å². The molecule has 54 valence electrons. The number of likely N-dealkylation sites (N-methyl/N-ethyl adjacent to an activating group) is 1. The van der Waals surface area contributed by atoms with E-state index in [1.54, 1.807) is 0 Å². The van der Waals surface area contributed by atoms with Crippen LogP contribution in [0, 0.1) is 0 Å². The lowest BCUT2D eigenvalue weighted by Gasteiger charge is -2.25. The topological polar surface area (TPSA) is 15.0 Å². The first-order chi connectivity index (χ1) is 4.17. The van der Waals surface area contributed by atoms with Crippen LogP contribution in [-0.4, -0.2) is 37.1 Å². The molecule has 2 heteroatoms. The van der Waals surface area contributed by atoms with Gasteiger partial charge in [0.25, 0.3) is 0 Å². The van der Waals surface area contributed by atoms with Gasteiger partial charge < -0.3 is 5.32 Å². The lowest BCUT2D eigenvalue weighted by atomic mass is 10.1. The summed E-state index contributed by atoms with van der Waals surface area (Å²) in [4.78, 5) is 2.46. The molecule has 1 N–H and O–H groups in total. The summed E-state index contributed by atoms with van der Waals surface area (Å²) in [5.41, 5.74) is 0.384. The van der Waals surface area contributed by atoms with Gasteiger partial charge in [-0.25, -0.2) is 0 Å². The molecule has 9 heavy (non-hydrogen) atoms. The molecule has 1 fully saturated rings. The second kappa shape index (κ2) is 2.27. The third-order valence-electron chi connectivity index (χ3n) is 1.91. The summed E-state index contributed by atoms with van der Waals surface area (Å²) < 4.78 is 0. The molecule has 1 aliphatic rings. The summed E-state index contributed by atoms with van der Waals surface area (Å²) in [6.07, 6.45) is 0. The maximum Gasteiger partial charge on any atom is 0.0278 e. The molecule has 0 aromatic rings. The fourth-order valence-corrected chi connectivity index (χ4v) is 1.20. The number of rotatable bonds is 3. The fourth-order valence-electron chi connectivity index (χ4n) is 1.20. The lowest BCUT2D eigenvalue weighted by molar-refractivity contribution is 0.274. The maximum absolute atomic E-state index is 3.19. The first-order valence-electron chi connectivity index (χ1n) is 3.56. The minimum absolute atomic E-state index is 0.384. The van der Waals surface area contributed by atoms with Crippen molar-refractivity contribution in [2.45, 2.75) is 19.4 Å². The largest absolute Gasteiger partial charge is 0.318 e. The zero-order chi connectivity index (χ0) is 6.91. The molecule has 1 aliphatic heterocycles. The highest BCUT2D eigenvalue weighted by atomic mass is 15.3. The maximum atomic E-state index is 3.19. The van der Waals surface area contributed by atoms with E-state index < -0.39 is 0 Å². The van der Waals surface area contributed by atoms with Gasteiger partial charge in [0, 0.05) is 25.2 Å². The molecule has 0 aromatic heterocycles. The number of hydrogen-bond donors (Lipinski definition) is 1. The Morgan fingerprint density at radius 2 is 2.00 bits per heavy atom. The van der Waals surface area contributed by atoms with E-state index in [0.717, 1.165) is 6.54 Å². The zero-order valence-electron chi connectivity index (χ0n) is 6.57. The summed E-state index contributed by atoms with van der Waals surface area (Å²) in [6.45, 7) is 8.21. The van der Waals surface area contributed by atoms with Crippen molar-refractivity contribution in [2.75, 3.05) is 26.7 Å². The molecule has 0 radical (unpaired) electrons. The highest BCUT2D eigenvalue weighted by Crippen LogP contribution is 2.20. The van der Waals surface area contributed by atoms with Crippen molar-refractivity contribution in [1.29, 1.82) is 0 Å². The second-order valence-electron chi connectivity index (χ2n) is 3.33. The molecule has 0 aromatic carbocycles. The van der Waals surface area contributed by atoms with Crippen molar-refractivity contribution in [3.05, 3.63) is 0 Å². The Kier molecular flexibility index (Phi) is 1.78.